The molecule has 0 aliphatic carbocycles. The van der Waals surface area contributed by atoms with Gasteiger partial charge in [-0.2, -0.15) is 0 Å². The van der Waals surface area contributed by atoms with Gasteiger partial charge in [-0.15, -0.1) is 11.3 Å². The van der Waals surface area contributed by atoms with E-state index >= 15 is 0 Å². The molecule has 3 nitrogen and oxygen atoms in total. The van der Waals surface area contributed by atoms with E-state index in [0.29, 0.717) is 0 Å². The van der Waals surface area contributed by atoms with E-state index in [2.05, 4.69) is 38.4 Å². The van der Waals surface area contributed by atoms with E-state index in [4.69, 9.17) is 0 Å². The summed E-state index contributed by atoms with van der Waals surface area (Å²) in [4.78, 5) is 16.7. The van der Waals surface area contributed by atoms with Gasteiger partial charge in [0.15, 0.2) is 0 Å². The molecule has 1 amide bonds. The molecule has 0 fully saturated rings. The summed E-state index contributed by atoms with van der Waals surface area (Å²) >= 11 is 4.93. The van der Waals surface area contributed by atoms with E-state index in [0.717, 1.165) is 22.2 Å². The third-order valence-corrected chi connectivity index (χ3v) is 4.29. The van der Waals surface area contributed by atoms with Gasteiger partial charge in [0.05, 0.1) is 5.51 Å². The Hall–Kier alpha value is -1.46. The fourth-order valence-corrected chi connectivity index (χ4v) is 2.64. The molecule has 2 rings (SSSR count). The van der Waals surface area contributed by atoms with Crippen LogP contribution in [0.5, 0.6) is 0 Å². The van der Waals surface area contributed by atoms with Crippen molar-refractivity contribution in [2.45, 2.75) is 25.8 Å². The van der Waals surface area contributed by atoms with Gasteiger partial charge in [-0.1, -0.05) is 28.1 Å². The molecule has 110 valence electrons. The minimum atomic E-state index is -0.0632. The van der Waals surface area contributed by atoms with Gasteiger partial charge in [0.1, 0.15) is 0 Å². The second kappa shape index (κ2) is 8.10. The molecule has 21 heavy (non-hydrogen) atoms. The maximum absolute atomic E-state index is 11.8. The zero-order valence-electron chi connectivity index (χ0n) is 11.8. The van der Waals surface area contributed by atoms with Gasteiger partial charge in [-0.3, -0.25) is 9.78 Å². The van der Waals surface area contributed by atoms with E-state index in [1.807, 2.05) is 19.1 Å². The van der Waals surface area contributed by atoms with Crippen molar-refractivity contribution < 1.29 is 4.79 Å². The molecule has 1 N–H and O–H groups in total. The molecular formula is C16H17BrN2OS. The number of carbonyl (C=O) groups is 1. The number of carbonyl (C=O) groups excluding carboxylic acids is 1. The second-order valence-electron chi connectivity index (χ2n) is 4.81. The lowest BCUT2D eigenvalue weighted by Crippen LogP contribution is -2.31. The minimum Gasteiger partial charge on any atom is -0.350 e. The minimum absolute atomic E-state index is 0.0632. The predicted molar refractivity (Wildman–Crippen MR) is 91.2 cm³/mol. The third kappa shape index (κ3) is 5.81. The lowest BCUT2D eigenvalue weighted by Gasteiger charge is -2.12. The first-order valence-electron chi connectivity index (χ1n) is 6.75. The largest absolute Gasteiger partial charge is 0.350 e. The Balaban J connectivity index is 1.74. The molecule has 1 heterocycles. The molecule has 1 atom stereocenters. The van der Waals surface area contributed by atoms with Crippen molar-refractivity contribution in [1.29, 1.82) is 0 Å². The van der Waals surface area contributed by atoms with Crippen molar-refractivity contribution in [3.05, 3.63) is 57.0 Å². The zero-order valence-corrected chi connectivity index (χ0v) is 14.2. The molecule has 0 bridgehead atoms. The lowest BCUT2D eigenvalue weighted by molar-refractivity contribution is -0.117. The lowest BCUT2D eigenvalue weighted by atomic mass is 10.1. The van der Waals surface area contributed by atoms with Crippen LogP contribution in [0.3, 0.4) is 0 Å². The second-order valence-corrected chi connectivity index (χ2v) is 6.65. The van der Waals surface area contributed by atoms with Crippen LogP contribution in [0.4, 0.5) is 0 Å². The first-order chi connectivity index (χ1) is 10.1. The number of nitrogens with zero attached hydrogens (tertiary/aromatic N) is 1. The molecule has 5 heteroatoms. The van der Waals surface area contributed by atoms with Crippen LogP contribution in [0.25, 0.3) is 6.08 Å². The van der Waals surface area contributed by atoms with Gasteiger partial charge in [0, 0.05) is 27.7 Å². The molecule has 0 saturated carbocycles. The third-order valence-electron chi connectivity index (χ3n) is 3.02. The van der Waals surface area contributed by atoms with Gasteiger partial charge in [-0.05, 0) is 43.5 Å². The molecule has 0 saturated heterocycles. The van der Waals surface area contributed by atoms with E-state index < -0.39 is 0 Å². The molecule has 2 aromatic rings. The van der Waals surface area contributed by atoms with Gasteiger partial charge in [0.25, 0.3) is 0 Å². The normalized spacial score (nSPS) is 12.5. The highest BCUT2D eigenvalue weighted by Crippen LogP contribution is 2.12. The van der Waals surface area contributed by atoms with Crippen molar-refractivity contribution in [3.63, 3.8) is 0 Å². The van der Waals surface area contributed by atoms with Gasteiger partial charge >= 0.3 is 0 Å². The van der Waals surface area contributed by atoms with Crippen LogP contribution < -0.4 is 5.32 Å². The van der Waals surface area contributed by atoms with Crippen molar-refractivity contribution in [1.82, 2.24) is 10.3 Å². The highest BCUT2D eigenvalue weighted by molar-refractivity contribution is 9.10. The molecule has 1 aromatic heterocycles. The molecule has 0 aliphatic heterocycles. The van der Waals surface area contributed by atoms with E-state index in [-0.39, 0.29) is 11.9 Å². The molecular weight excluding hydrogens is 348 g/mol. The van der Waals surface area contributed by atoms with Gasteiger partial charge < -0.3 is 5.32 Å². The van der Waals surface area contributed by atoms with E-state index in [9.17, 15) is 4.79 Å². The first-order valence-corrected chi connectivity index (χ1v) is 8.42. The number of nitrogens with one attached hydrogen (secondary N) is 1. The fourth-order valence-electron chi connectivity index (χ4n) is 1.86. The van der Waals surface area contributed by atoms with E-state index in [1.54, 1.807) is 23.9 Å². The van der Waals surface area contributed by atoms with Crippen LogP contribution in [-0.2, 0) is 11.2 Å². The monoisotopic (exact) mass is 364 g/mol. The van der Waals surface area contributed by atoms with Crippen LogP contribution in [0.1, 0.15) is 23.8 Å². The number of thiazole rings is 1. The SMILES string of the molecule is CC(CCc1ccc(Br)cc1)NC(=O)/C=C/c1cncs1. The zero-order chi connectivity index (χ0) is 15.1. The average molecular weight is 365 g/mol. The Morgan fingerprint density at radius 1 is 1.43 bits per heavy atom. The molecule has 0 aliphatic rings. The summed E-state index contributed by atoms with van der Waals surface area (Å²) < 4.78 is 1.08. The topological polar surface area (TPSA) is 42.0 Å². The van der Waals surface area contributed by atoms with Crippen LogP contribution in [0.15, 0.2) is 46.5 Å². The first kappa shape index (κ1) is 15.9. The maximum atomic E-state index is 11.8. The summed E-state index contributed by atoms with van der Waals surface area (Å²) in [6.45, 7) is 2.03. The molecule has 0 spiro atoms. The quantitative estimate of drug-likeness (QED) is 0.785. The van der Waals surface area contributed by atoms with Gasteiger partial charge in [-0.25, -0.2) is 0 Å². The summed E-state index contributed by atoms with van der Waals surface area (Å²) in [5.74, 6) is -0.0632. The average Bonchev–Trinajstić information content (AvgIpc) is 2.98. The molecule has 0 radical (unpaired) electrons. The highest BCUT2D eigenvalue weighted by atomic mass is 79.9. The van der Waals surface area contributed by atoms with Crippen LogP contribution in [-0.4, -0.2) is 16.9 Å². The van der Waals surface area contributed by atoms with E-state index in [1.165, 1.54) is 16.9 Å². The summed E-state index contributed by atoms with van der Waals surface area (Å²) in [6, 6.07) is 8.42. The molecule has 1 unspecified atom stereocenters. The number of rotatable bonds is 6. The Morgan fingerprint density at radius 2 is 2.19 bits per heavy atom. The Labute approximate surface area is 137 Å². The number of hydrogen-bond acceptors (Lipinski definition) is 3. The summed E-state index contributed by atoms with van der Waals surface area (Å²) in [5, 5.41) is 2.97. The van der Waals surface area contributed by atoms with Crippen LogP contribution in [0, 0.1) is 0 Å². The summed E-state index contributed by atoms with van der Waals surface area (Å²) in [6.07, 6.45) is 6.96. The smallest absolute Gasteiger partial charge is 0.244 e. The predicted octanol–water partition coefficient (Wildman–Crippen LogP) is 4.06. The Morgan fingerprint density at radius 3 is 2.86 bits per heavy atom. The molecule has 1 aromatic carbocycles. The van der Waals surface area contributed by atoms with Gasteiger partial charge in [0.2, 0.25) is 5.91 Å². The van der Waals surface area contributed by atoms with Crippen LogP contribution >= 0.6 is 27.3 Å². The van der Waals surface area contributed by atoms with Crippen molar-refractivity contribution in [3.8, 4) is 0 Å². The number of aromatic nitrogens is 1. The number of benzene rings is 1. The number of amides is 1. The number of halogens is 1. The standard InChI is InChI=1S/C16H17BrN2OS/c1-12(2-3-13-4-6-14(17)7-5-13)19-16(20)9-8-15-10-18-11-21-15/h4-12H,2-3H2,1H3,(H,19,20)/b9-8+. The Kier molecular flexibility index (Phi) is 6.14. The fraction of sp³-hybridized carbons (Fsp3) is 0.250. The van der Waals surface area contributed by atoms with Crippen molar-refractivity contribution in [2.24, 2.45) is 0 Å². The number of aryl methyl sites for hydroxylation is 1. The summed E-state index contributed by atoms with van der Waals surface area (Å²) in [5.41, 5.74) is 3.03. The summed E-state index contributed by atoms with van der Waals surface area (Å²) in [7, 11) is 0. The highest BCUT2D eigenvalue weighted by Gasteiger charge is 2.05. The maximum Gasteiger partial charge on any atom is 0.244 e. The van der Waals surface area contributed by atoms with Crippen LogP contribution in [0.2, 0.25) is 0 Å². The van der Waals surface area contributed by atoms with Crippen molar-refractivity contribution in [2.75, 3.05) is 0 Å². The Bertz CT molecular complexity index is 593. The van der Waals surface area contributed by atoms with Crippen molar-refractivity contribution >= 4 is 39.2 Å². The number of hydrogen-bond donors (Lipinski definition) is 1.